The molecule has 0 aliphatic rings. The summed E-state index contributed by atoms with van der Waals surface area (Å²) in [6.07, 6.45) is 1.69. The Morgan fingerprint density at radius 1 is 0.846 bits per heavy atom. The highest BCUT2D eigenvalue weighted by molar-refractivity contribution is 14.1. The van der Waals surface area contributed by atoms with Gasteiger partial charge in [0.05, 0.1) is 11.4 Å². The van der Waals surface area contributed by atoms with Crippen molar-refractivity contribution >= 4 is 56.6 Å². The molecule has 0 aliphatic carbocycles. The van der Waals surface area contributed by atoms with Gasteiger partial charge in [0.1, 0.15) is 12.4 Å². The monoisotopic (exact) mass is 568 g/mol. The molecule has 0 radical (unpaired) electrons. The molecule has 0 heterocycles. The second kappa shape index (κ2) is 8.30. The van der Waals surface area contributed by atoms with Gasteiger partial charge in [-0.1, -0.05) is 36.9 Å². The molecule has 0 bridgehead atoms. The van der Waals surface area contributed by atoms with Gasteiger partial charge >= 0.3 is 0 Å². The first kappa shape index (κ1) is 19.0. The van der Waals surface area contributed by atoms with E-state index < -0.39 is 0 Å². The first-order chi connectivity index (χ1) is 12.5. The van der Waals surface area contributed by atoms with Gasteiger partial charge in [0.15, 0.2) is 0 Å². The molecule has 3 nitrogen and oxygen atoms in total. The van der Waals surface area contributed by atoms with Gasteiger partial charge in [-0.05, 0) is 92.2 Å². The molecule has 0 fully saturated rings. The minimum absolute atomic E-state index is 0.374. The molecule has 26 heavy (non-hydrogen) atoms. The Hall–Kier alpha value is -1.74. The van der Waals surface area contributed by atoms with Gasteiger partial charge in [0.2, 0.25) is 0 Å². The van der Waals surface area contributed by atoms with E-state index in [1.165, 1.54) is 7.14 Å². The lowest BCUT2D eigenvalue weighted by atomic mass is 9.92. The molecule has 0 saturated carbocycles. The first-order valence-electron chi connectivity index (χ1n) is 7.98. The van der Waals surface area contributed by atoms with Crippen LogP contribution in [0.25, 0.3) is 22.3 Å². The average Bonchev–Trinajstić information content (AvgIpc) is 2.64. The number of benzene rings is 3. The molecule has 4 N–H and O–H groups in total. The van der Waals surface area contributed by atoms with E-state index in [-0.39, 0.29) is 0 Å². The van der Waals surface area contributed by atoms with Crippen LogP contribution in [0.1, 0.15) is 0 Å². The second-order valence-corrected chi connectivity index (χ2v) is 8.23. The number of hydrogen-bond acceptors (Lipinski definition) is 3. The number of rotatable bonds is 5. The molecule has 3 rings (SSSR count). The van der Waals surface area contributed by atoms with Crippen LogP contribution >= 0.6 is 45.2 Å². The Kier molecular flexibility index (Phi) is 6.08. The van der Waals surface area contributed by atoms with Gasteiger partial charge < -0.3 is 16.2 Å². The molecule has 0 spiro atoms. The van der Waals surface area contributed by atoms with Gasteiger partial charge in [-0.15, -0.1) is 0 Å². The number of nitrogens with two attached hydrogens (primary N) is 2. The number of nitrogen functional groups attached to an aromatic ring is 2. The van der Waals surface area contributed by atoms with E-state index >= 15 is 0 Å². The molecule has 0 aromatic heterocycles. The summed E-state index contributed by atoms with van der Waals surface area (Å²) in [6, 6.07) is 18.5. The zero-order chi connectivity index (χ0) is 18.7. The van der Waals surface area contributed by atoms with E-state index in [0.29, 0.717) is 23.7 Å². The molecule has 0 atom stereocenters. The lowest BCUT2D eigenvalue weighted by Crippen LogP contribution is -2.04. The van der Waals surface area contributed by atoms with E-state index in [2.05, 4.69) is 100 Å². The molecule has 0 aliphatic heterocycles. The summed E-state index contributed by atoms with van der Waals surface area (Å²) >= 11 is 4.58. The molecule has 3 aromatic rings. The normalized spacial score (nSPS) is 10.5. The van der Waals surface area contributed by atoms with Crippen LogP contribution in [0.2, 0.25) is 0 Å². The molecule has 0 saturated heterocycles. The number of hydrogen-bond donors (Lipinski definition) is 2. The quantitative estimate of drug-likeness (QED) is 0.227. The summed E-state index contributed by atoms with van der Waals surface area (Å²) < 4.78 is 8.08. The Bertz CT molecular complexity index is 936. The summed E-state index contributed by atoms with van der Waals surface area (Å²) in [5.74, 6) is 0.574. The molecular weight excluding hydrogens is 550 g/mol. The van der Waals surface area contributed by atoms with E-state index in [1.807, 2.05) is 6.07 Å². The summed E-state index contributed by atoms with van der Waals surface area (Å²) in [7, 11) is 0. The van der Waals surface area contributed by atoms with Crippen LogP contribution in [0, 0.1) is 7.14 Å². The predicted octanol–water partition coefficient (Wildman–Crippen LogP) is 5.96. The minimum atomic E-state index is 0.374. The summed E-state index contributed by atoms with van der Waals surface area (Å²) in [5, 5.41) is 0. The van der Waals surface area contributed by atoms with Gasteiger partial charge in [0.25, 0.3) is 0 Å². The molecular formula is C21H18I2N2O. The molecule has 5 heteroatoms. The van der Waals surface area contributed by atoms with Crippen molar-refractivity contribution in [1.29, 1.82) is 0 Å². The van der Waals surface area contributed by atoms with E-state index in [0.717, 1.165) is 22.3 Å². The fraction of sp³-hybridized carbons (Fsp3) is 0.0476. The fourth-order valence-corrected chi connectivity index (χ4v) is 3.47. The van der Waals surface area contributed by atoms with Crippen molar-refractivity contribution in [2.24, 2.45) is 0 Å². The van der Waals surface area contributed by atoms with Gasteiger partial charge in [-0.2, -0.15) is 0 Å². The number of halogens is 2. The summed E-state index contributed by atoms with van der Waals surface area (Å²) in [4.78, 5) is 0. The predicted molar refractivity (Wildman–Crippen MR) is 127 cm³/mol. The number of anilines is 2. The Morgan fingerprint density at radius 2 is 1.38 bits per heavy atom. The topological polar surface area (TPSA) is 61.3 Å². The van der Waals surface area contributed by atoms with Crippen molar-refractivity contribution in [3.63, 3.8) is 0 Å². The highest BCUT2D eigenvalue weighted by atomic mass is 127. The van der Waals surface area contributed by atoms with Crippen LogP contribution in [0.15, 0.2) is 67.3 Å². The van der Waals surface area contributed by atoms with Crippen LogP contribution in [-0.2, 0) is 0 Å². The largest absolute Gasteiger partial charge is 0.487 e. The van der Waals surface area contributed by atoms with Crippen molar-refractivity contribution in [2.45, 2.75) is 0 Å². The van der Waals surface area contributed by atoms with Crippen molar-refractivity contribution in [2.75, 3.05) is 18.1 Å². The summed E-state index contributed by atoms with van der Waals surface area (Å²) in [6.45, 7) is 4.07. The third-order valence-electron chi connectivity index (χ3n) is 4.01. The van der Waals surface area contributed by atoms with Crippen LogP contribution in [0.4, 0.5) is 11.4 Å². The van der Waals surface area contributed by atoms with Crippen LogP contribution in [0.5, 0.6) is 5.75 Å². The highest BCUT2D eigenvalue weighted by Gasteiger charge is 2.18. The van der Waals surface area contributed by atoms with Crippen molar-refractivity contribution in [3.05, 3.63) is 74.4 Å². The van der Waals surface area contributed by atoms with Gasteiger partial charge in [0, 0.05) is 12.7 Å². The fourth-order valence-electron chi connectivity index (χ4n) is 2.75. The zero-order valence-electron chi connectivity index (χ0n) is 14.0. The minimum Gasteiger partial charge on any atom is -0.487 e. The van der Waals surface area contributed by atoms with Gasteiger partial charge in [-0.3, -0.25) is 0 Å². The Morgan fingerprint density at radius 3 is 1.92 bits per heavy atom. The van der Waals surface area contributed by atoms with Crippen molar-refractivity contribution in [3.8, 4) is 28.0 Å². The van der Waals surface area contributed by atoms with Crippen LogP contribution < -0.4 is 16.2 Å². The average molecular weight is 568 g/mol. The maximum absolute atomic E-state index is 6.46. The highest BCUT2D eigenvalue weighted by Crippen LogP contribution is 2.44. The maximum atomic E-state index is 6.46. The first-order valence-corrected chi connectivity index (χ1v) is 10.1. The van der Waals surface area contributed by atoms with E-state index in [9.17, 15) is 0 Å². The van der Waals surface area contributed by atoms with Crippen LogP contribution in [0.3, 0.4) is 0 Å². The van der Waals surface area contributed by atoms with Crippen LogP contribution in [-0.4, -0.2) is 6.61 Å². The molecule has 0 amide bonds. The zero-order valence-corrected chi connectivity index (χ0v) is 18.3. The smallest absolute Gasteiger partial charge is 0.145 e. The molecule has 3 aromatic carbocycles. The maximum Gasteiger partial charge on any atom is 0.145 e. The Labute approximate surface area is 180 Å². The SMILES string of the molecule is C=CCOc1cc(-c2ccc(I)cc2)c(-c2ccc(I)cc2)c(N)c1N. The summed E-state index contributed by atoms with van der Waals surface area (Å²) in [5.41, 5.74) is 17.7. The molecule has 0 unspecified atom stereocenters. The number of ether oxygens (including phenoxy) is 1. The second-order valence-electron chi connectivity index (χ2n) is 5.74. The lowest BCUT2D eigenvalue weighted by Gasteiger charge is -2.19. The molecule has 132 valence electrons. The lowest BCUT2D eigenvalue weighted by molar-refractivity contribution is 0.365. The third kappa shape index (κ3) is 3.98. The third-order valence-corrected chi connectivity index (χ3v) is 5.45. The Balaban J connectivity index is 2.26. The van der Waals surface area contributed by atoms with E-state index in [1.54, 1.807) is 6.08 Å². The van der Waals surface area contributed by atoms with Crippen molar-refractivity contribution < 1.29 is 4.74 Å². The van der Waals surface area contributed by atoms with Crippen molar-refractivity contribution in [1.82, 2.24) is 0 Å². The van der Waals surface area contributed by atoms with E-state index in [4.69, 9.17) is 16.2 Å². The van der Waals surface area contributed by atoms with Gasteiger partial charge in [-0.25, -0.2) is 0 Å². The standard InChI is InChI=1S/C21H18I2N2O/c1-2-11-26-18-12-17(13-3-7-15(22)8-4-13)19(21(25)20(18)24)14-5-9-16(23)10-6-14/h2-10,12H,1,11,24-25H2.